The fraction of sp³-hybridized carbons (Fsp3) is 0.375. The lowest BCUT2D eigenvalue weighted by Gasteiger charge is -2.31. The van der Waals surface area contributed by atoms with Gasteiger partial charge in [0.05, 0.1) is 24.1 Å². The van der Waals surface area contributed by atoms with E-state index < -0.39 is 0 Å². The van der Waals surface area contributed by atoms with Crippen LogP contribution in [0.5, 0.6) is 0 Å². The van der Waals surface area contributed by atoms with Gasteiger partial charge in [-0.3, -0.25) is 14.6 Å². The lowest BCUT2D eigenvalue weighted by atomic mass is 9.97. The summed E-state index contributed by atoms with van der Waals surface area (Å²) in [6.45, 7) is 2.98. The second-order valence-corrected chi connectivity index (χ2v) is 7.94. The first-order chi connectivity index (χ1) is 15.1. The summed E-state index contributed by atoms with van der Waals surface area (Å²) in [6.07, 6.45) is 0.903. The van der Waals surface area contributed by atoms with E-state index in [-0.39, 0.29) is 24.1 Å². The molecule has 7 nitrogen and oxygen atoms in total. The van der Waals surface area contributed by atoms with Gasteiger partial charge in [0.2, 0.25) is 0 Å². The van der Waals surface area contributed by atoms with Crippen molar-refractivity contribution in [1.29, 1.82) is 5.26 Å². The number of esters is 1. The van der Waals surface area contributed by atoms with E-state index in [9.17, 15) is 9.59 Å². The Kier molecular flexibility index (Phi) is 6.48. The van der Waals surface area contributed by atoms with Gasteiger partial charge in [-0.15, -0.1) is 0 Å². The molecule has 0 radical (unpaired) electrons. The molecule has 0 N–H and O–H groups in total. The standard InChI is InChI=1S/C24H25N3O4/c25-14-18-6-8-21(9-7-18)27-16-22(31-24(27)29)15-26-12-10-20(11-13-26)23(28)30-17-19-4-2-1-3-5-19/h1-9,20,22H,10-13,15-17H2/t22-/m0/s1. The van der Waals surface area contributed by atoms with E-state index in [1.807, 2.05) is 30.3 Å². The summed E-state index contributed by atoms with van der Waals surface area (Å²) in [7, 11) is 0. The summed E-state index contributed by atoms with van der Waals surface area (Å²) < 4.78 is 11.0. The first-order valence-electron chi connectivity index (χ1n) is 10.5. The molecule has 0 spiro atoms. The van der Waals surface area contributed by atoms with E-state index in [4.69, 9.17) is 14.7 Å². The summed E-state index contributed by atoms with van der Waals surface area (Å²) in [5, 5.41) is 8.92. The van der Waals surface area contributed by atoms with E-state index in [1.165, 1.54) is 0 Å². The Bertz CT molecular complexity index is 947. The number of piperidine rings is 1. The molecule has 2 aromatic rings. The molecule has 2 aliphatic rings. The van der Waals surface area contributed by atoms with Crippen LogP contribution in [0.1, 0.15) is 24.0 Å². The van der Waals surface area contributed by atoms with Crippen LogP contribution >= 0.6 is 0 Å². The predicted molar refractivity (Wildman–Crippen MR) is 114 cm³/mol. The van der Waals surface area contributed by atoms with Gasteiger partial charge in [-0.25, -0.2) is 4.79 Å². The van der Waals surface area contributed by atoms with Crippen LogP contribution in [0.4, 0.5) is 10.5 Å². The smallest absolute Gasteiger partial charge is 0.414 e. The molecule has 0 saturated carbocycles. The molecule has 0 aromatic heterocycles. The molecule has 1 atom stereocenters. The van der Waals surface area contributed by atoms with E-state index >= 15 is 0 Å². The van der Waals surface area contributed by atoms with E-state index in [2.05, 4.69) is 11.0 Å². The predicted octanol–water partition coefficient (Wildman–Crippen LogP) is 3.34. The highest BCUT2D eigenvalue weighted by molar-refractivity contribution is 5.89. The minimum atomic E-state index is -0.367. The van der Waals surface area contributed by atoms with Crippen molar-refractivity contribution in [2.45, 2.75) is 25.6 Å². The minimum Gasteiger partial charge on any atom is -0.461 e. The number of benzene rings is 2. The third-order valence-electron chi connectivity index (χ3n) is 5.79. The zero-order chi connectivity index (χ0) is 21.6. The molecule has 2 saturated heterocycles. The molecule has 7 heteroatoms. The van der Waals surface area contributed by atoms with Gasteiger partial charge >= 0.3 is 12.1 Å². The average Bonchev–Trinajstić information content (AvgIpc) is 3.18. The van der Waals surface area contributed by atoms with Crippen LogP contribution in [-0.4, -0.2) is 49.2 Å². The summed E-state index contributed by atoms with van der Waals surface area (Å²) in [5.74, 6) is -0.218. The third kappa shape index (κ3) is 5.22. The Balaban J connectivity index is 1.22. The molecule has 4 rings (SSSR count). The first kappa shape index (κ1) is 20.9. The normalized spacial score (nSPS) is 19.6. The van der Waals surface area contributed by atoms with E-state index in [0.717, 1.165) is 37.2 Å². The molecule has 0 bridgehead atoms. The SMILES string of the molecule is N#Cc1ccc(N2C[C@H](CN3CCC(C(=O)OCc4ccccc4)CC3)OC2=O)cc1. The highest BCUT2D eigenvalue weighted by Gasteiger charge is 2.35. The van der Waals surface area contributed by atoms with Crippen LogP contribution in [-0.2, 0) is 20.9 Å². The second kappa shape index (κ2) is 9.63. The van der Waals surface area contributed by atoms with E-state index in [1.54, 1.807) is 29.2 Å². The van der Waals surface area contributed by atoms with Gasteiger partial charge in [-0.05, 0) is 55.8 Å². The number of nitrogens with zero attached hydrogens (tertiary/aromatic N) is 3. The van der Waals surface area contributed by atoms with E-state index in [0.29, 0.717) is 25.3 Å². The van der Waals surface area contributed by atoms with Crippen molar-refractivity contribution in [2.24, 2.45) is 5.92 Å². The summed E-state index contributed by atoms with van der Waals surface area (Å²) >= 11 is 0. The fourth-order valence-electron chi connectivity index (χ4n) is 4.03. The van der Waals surface area contributed by atoms with Crippen LogP contribution < -0.4 is 4.90 Å². The third-order valence-corrected chi connectivity index (χ3v) is 5.79. The zero-order valence-corrected chi connectivity index (χ0v) is 17.3. The molecule has 2 heterocycles. The van der Waals surface area contributed by atoms with Gasteiger partial charge in [0.1, 0.15) is 12.7 Å². The van der Waals surface area contributed by atoms with Crippen molar-refractivity contribution >= 4 is 17.7 Å². The molecule has 0 unspecified atom stereocenters. The number of carbonyl (C=O) groups is 2. The molecule has 0 aliphatic carbocycles. The van der Waals surface area contributed by atoms with Crippen LogP contribution in [0, 0.1) is 17.2 Å². The van der Waals surface area contributed by atoms with Gasteiger partial charge in [0.25, 0.3) is 0 Å². The van der Waals surface area contributed by atoms with Crippen molar-refractivity contribution in [3.05, 3.63) is 65.7 Å². The number of nitriles is 1. The Labute approximate surface area is 181 Å². The molecule has 31 heavy (non-hydrogen) atoms. The lowest BCUT2D eigenvalue weighted by molar-refractivity contribution is -0.151. The average molecular weight is 419 g/mol. The lowest BCUT2D eigenvalue weighted by Crippen LogP contribution is -2.41. The van der Waals surface area contributed by atoms with Crippen LogP contribution in [0.15, 0.2) is 54.6 Å². The van der Waals surface area contributed by atoms with Crippen LogP contribution in [0.25, 0.3) is 0 Å². The van der Waals surface area contributed by atoms with Crippen molar-refractivity contribution in [2.75, 3.05) is 31.1 Å². The number of carbonyl (C=O) groups excluding carboxylic acids is 2. The van der Waals surface area contributed by atoms with Gasteiger partial charge in [-0.1, -0.05) is 30.3 Å². The molecule has 2 aliphatic heterocycles. The summed E-state index contributed by atoms with van der Waals surface area (Å²) in [5.41, 5.74) is 2.27. The number of rotatable bonds is 6. The van der Waals surface area contributed by atoms with Crippen molar-refractivity contribution in [3.63, 3.8) is 0 Å². The Morgan fingerprint density at radius 2 is 1.81 bits per heavy atom. The molecule has 2 aromatic carbocycles. The second-order valence-electron chi connectivity index (χ2n) is 7.94. The maximum Gasteiger partial charge on any atom is 0.414 e. The highest BCUT2D eigenvalue weighted by Crippen LogP contribution is 2.24. The Morgan fingerprint density at radius 3 is 2.48 bits per heavy atom. The number of hydrogen-bond donors (Lipinski definition) is 0. The largest absolute Gasteiger partial charge is 0.461 e. The minimum absolute atomic E-state index is 0.0822. The van der Waals surface area contributed by atoms with Gasteiger partial charge in [0, 0.05) is 12.2 Å². The number of likely N-dealkylation sites (tertiary alicyclic amines) is 1. The van der Waals surface area contributed by atoms with Gasteiger partial charge < -0.3 is 9.47 Å². The molecular formula is C24H25N3O4. The summed E-state index contributed by atoms with van der Waals surface area (Å²) in [6, 6.07) is 18.7. The molecular weight excluding hydrogens is 394 g/mol. The number of anilines is 1. The maximum absolute atomic E-state index is 12.4. The molecule has 160 valence electrons. The fourth-order valence-corrected chi connectivity index (χ4v) is 4.03. The first-order valence-corrected chi connectivity index (χ1v) is 10.5. The van der Waals surface area contributed by atoms with Gasteiger partial charge in [0.15, 0.2) is 0 Å². The maximum atomic E-state index is 12.4. The van der Waals surface area contributed by atoms with Crippen molar-refractivity contribution < 1.29 is 19.1 Å². The Morgan fingerprint density at radius 1 is 1.10 bits per heavy atom. The van der Waals surface area contributed by atoms with Crippen LogP contribution in [0.3, 0.4) is 0 Å². The molecule has 2 fully saturated rings. The Hall–Kier alpha value is -3.37. The topological polar surface area (TPSA) is 82.9 Å². The van der Waals surface area contributed by atoms with Crippen molar-refractivity contribution in [3.8, 4) is 6.07 Å². The quantitative estimate of drug-likeness (QED) is 0.668. The number of cyclic esters (lactones) is 1. The van der Waals surface area contributed by atoms with Crippen molar-refractivity contribution in [1.82, 2.24) is 4.90 Å². The van der Waals surface area contributed by atoms with Crippen LogP contribution in [0.2, 0.25) is 0 Å². The number of ether oxygens (including phenoxy) is 2. The summed E-state index contributed by atoms with van der Waals surface area (Å²) in [4.78, 5) is 28.5. The van der Waals surface area contributed by atoms with Gasteiger partial charge in [-0.2, -0.15) is 5.26 Å². The number of hydrogen-bond acceptors (Lipinski definition) is 6. The monoisotopic (exact) mass is 419 g/mol. The zero-order valence-electron chi connectivity index (χ0n) is 17.3. The highest BCUT2D eigenvalue weighted by atomic mass is 16.6. The number of amides is 1. The molecule has 1 amide bonds.